The van der Waals surface area contributed by atoms with Crippen LogP contribution in [0.1, 0.15) is 51.0 Å². The van der Waals surface area contributed by atoms with E-state index < -0.39 is 5.91 Å². The van der Waals surface area contributed by atoms with Crippen LogP contribution in [0, 0.1) is 11.3 Å². The zero-order valence-electron chi connectivity index (χ0n) is 16.8. The normalized spacial score (nSPS) is 16.5. The Kier molecular flexibility index (Phi) is 9.36. The third kappa shape index (κ3) is 6.90. The summed E-state index contributed by atoms with van der Waals surface area (Å²) in [6.45, 7) is 3.97. The van der Waals surface area contributed by atoms with Gasteiger partial charge in [-0.1, -0.05) is 32.3 Å². The molecule has 0 unspecified atom stereocenters. The van der Waals surface area contributed by atoms with Crippen molar-refractivity contribution in [1.82, 2.24) is 5.32 Å². The van der Waals surface area contributed by atoms with Crippen molar-refractivity contribution in [2.75, 3.05) is 26.9 Å². The van der Waals surface area contributed by atoms with E-state index in [1.54, 1.807) is 19.3 Å². The van der Waals surface area contributed by atoms with Gasteiger partial charge in [-0.15, -0.1) is 0 Å². The van der Waals surface area contributed by atoms with Gasteiger partial charge >= 0.3 is 0 Å². The van der Waals surface area contributed by atoms with E-state index in [1.165, 1.54) is 12.8 Å². The first-order valence-electron chi connectivity index (χ1n) is 10.00. The average molecular weight is 386 g/mol. The number of rotatable bonds is 11. The lowest BCUT2D eigenvalue weighted by atomic mass is 10.1. The molecule has 0 radical (unpaired) electrons. The van der Waals surface area contributed by atoms with Gasteiger partial charge in [-0.25, -0.2) is 0 Å². The van der Waals surface area contributed by atoms with Crippen molar-refractivity contribution >= 4 is 12.0 Å². The first-order valence-corrected chi connectivity index (χ1v) is 10.00. The van der Waals surface area contributed by atoms with E-state index in [0.29, 0.717) is 30.2 Å². The van der Waals surface area contributed by atoms with Crippen LogP contribution in [-0.4, -0.2) is 38.9 Å². The molecule has 6 heteroatoms. The van der Waals surface area contributed by atoms with E-state index in [4.69, 9.17) is 14.2 Å². The molecule has 6 nitrogen and oxygen atoms in total. The van der Waals surface area contributed by atoms with Crippen LogP contribution in [0.2, 0.25) is 0 Å². The number of unbranched alkanes of at least 4 members (excludes halogenated alkanes) is 3. The second-order valence-electron chi connectivity index (χ2n) is 6.83. The summed E-state index contributed by atoms with van der Waals surface area (Å²) in [4.78, 5) is 12.3. The summed E-state index contributed by atoms with van der Waals surface area (Å²) in [6, 6.07) is 7.36. The summed E-state index contributed by atoms with van der Waals surface area (Å²) in [6.07, 6.45) is 8.07. The Morgan fingerprint density at radius 3 is 2.89 bits per heavy atom. The Hall–Kier alpha value is -2.52. The number of nitrogens with zero attached hydrogens (tertiary/aromatic N) is 1. The smallest absolute Gasteiger partial charge is 0.262 e. The Balaban J connectivity index is 1.97. The van der Waals surface area contributed by atoms with Gasteiger partial charge in [-0.3, -0.25) is 4.79 Å². The second-order valence-corrected chi connectivity index (χ2v) is 6.83. The molecular weight excluding hydrogens is 356 g/mol. The van der Waals surface area contributed by atoms with Crippen molar-refractivity contribution < 1.29 is 19.0 Å². The molecule has 1 atom stereocenters. The predicted octanol–water partition coefficient (Wildman–Crippen LogP) is 3.86. The number of methoxy groups -OCH3 is 1. The van der Waals surface area contributed by atoms with Gasteiger partial charge in [0, 0.05) is 13.2 Å². The molecule has 0 bridgehead atoms. The van der Waals surface area contributed by atoms with Gasteiger partial charge in [-0.05, 0) is 43.0 Å². The molecule has 1 aliphatic heterocycles. The molecule has 1 N–H and O–H groups in total. The van der Waals surface area contributed by atoms with E-state index in [2.05, 4.69) is 12.2 Å². The van der Waals surface area contributed by atoms with Crippen molar-refractivity contribution in [3.05, 3.63) is 29.3 Å². The summed E-state index contributed by atoms with van der Waals surface area (Å²) >= 11 is 0. The summed E-state index contributed by atoms with van der Waals surface area (Å²) in [5, 5.41) is 12.1. The summed E-state index contributed by atoms with van der Waals surface area (Å²) in [5.74, 6) is 0.854. The van der Waals surface area contributed by atoms with Gasteiger partial charge in [-0.2, -0.15) is 5.26 Å². The van der Waals surface area contributed by atoms with E-state index in [-0.39, 0.29) is 11.7 Å². The molecule has 1 aliphatic rings. The van der Waals surface area contributed by atoms with Gasteiger partial charge < -0.3 is 19.5 Å². The monoisotopic (exact) mass is 386 g/mol. The van der Waals surface area contributed by atoms with E-state index in [0.717, 1.165) is 32.3 Å². The molecule has 1 saturated heterocycles. The van der Waals surface area contributed by atoms with Gasteiger partial charge in [0.15, 0.2) is 11.5 Å². The van der Waals surface area contributed by atoms with E-state index in [9.17, 15) is 10.1 Å². The average Bonchev–Trinajstić information content (AvgIpc) is 3.24. The molecule has 1 aromatic rings. The van der Waals surface area contributed by atoms with Crippen LogP contribution in [0.3, 0.4) is 0 Å². The topological polar surface area (TPSA) is 80.6 Å². The minimum atomic E-state index is -0.395. The third-order valence-corrected chi connectivity index (χ3v) is 4.63. The maximum Gasteiger partial charge on any atom is 0.262 e. The van der Waals surface area contributed by atoms with Crippen LogP contribution in [0.4, 0.5) is 0 Å². The molecule has 0 spiro atoms. The van der Waals surface area contributed by atoms with Crippen molar-refractivity contribution in [3.8, 4) is 17.6 Å². The highest BCUT2D eigenvalue weighted by atomic mass is 16.5. The number of hydrogen-bond acceptors (Lipinski definition) is 5. The number of ether oxygens (including phenoxy) is 3. The van der Waals surface area contributed by atoms with Crippen molar-refractivity contribution in [3.63, 3.8) is 0 Å². The lowest BCUT2D eigenvalue weighted by Gasteiger charge is -2.12. The molecule has 1 heterocycles. The van der Waals surface area contributed by atoms with Gasteiger partial charge in [0.05, 0.1) is 19.8 Å². The SMILES string of the molecule is CCCCCCOc1ccc(/C=C(\C#N)C(=O)NC[C@@H]2CCCO2)cc1OC. The zero-order valence-corrected chi connectivity index (χ0v) is 16.8. The molecule has 1 amide bonds. The molecule has 1 fully saturated rings. The number of amides is 1. The number of hydrogen-bond donors (Lipinski definition) is 1. The van der Waals surface area contributed by atoms with Gasteiger partial charge in [0.1, 0.15) is 11.6 Å². The van der Waals surface area contributed by atoms with E-state index >= 15 is 0 Å². The Morgan fingerprint density at radius 2 is 2.21 bits per heavy atom. The largest absolute Gasteiger partial charge is 0.493 e. The van der Waals surface area contributed by atoms with Gasteiger partial charge in [0.2, 0.25) is 0 Å². The van der Waals surface area contributed by atoms with Crippen molar-refractivity contribution in [2.24, 2.45) is 0 Å². The summed E-state index contributed by atoms with van der Waals surface area (Å²) < 4.78 is 16.7. The molecule has 152 valence electrons. The predicted molar refractivity (Wildman–Crippen MR) is 108 cm³/mol. The van der Waals surface area contributed by atoms with Crippen LogP contribution in [0.25, 0.3) is 6.08 Å². The fourth-order valence-corrected chi connectivity index (χ4v) is 3.03. The zero-order chi connectivity index (χ0) is 20.2. The standard InChI is InChI=1S/C22H30N2O4/c1-3-4-5-6-11-28-20-10-9-17(14-21(20)26-2)13-18(15-23)22(25)24-16-19-8-7-12-27-19/h9-10,13-14,19H,3-8,11-12,16H2,1-2H3,(H,24,25)/b18-13+/t19-/m0/s1. The maximum absolute atomic E-state index is 12.3. The number of benzene rings is 1. The van der Waals surface area contributed by atoms with Crippen molar-refractivity contribution in [1.29, 1.82) is 5.26 Å². The lowest BCUT2D eigenvalue weighted by Crippen LogP contribution is -2.32. The van der Waals surface area contributed by atoms with Crippen LogP contribution >= 0.6 is 0 Å². The molecule has 0 aliphatic carbocycles. The fourth-order valence-electron chi connectivity index (χ4n) is 3.03. The minimum Gasteiger partial charge on any atom is -0.493 e. The lowest BCUT2D eigenvalue weighted by molar-refractivity contribution is -0.117. The highest BCUT2D eigenvalue weighted by Crippen LogP contribution is 2.29. The highest BCUT2D eigenvalue weighted by Gasteiger charge is 2.17. The van der Waals surface area contributed by atoms with Crippen LogP contribution < -0.4 is 14.8 Å². The second kappa shape index (κ2) is 12.0. The first-order chi connectivity index (χ1) is 13.7. The van der Waals surface area contributed by atoms with Crippen molar-refractivity contribution in [2.45, 2.75) is 51.6 Å². The molecule has 2 rings (SSSR count). The molecular formula is C22H30N2O4. The van der Waals surface area contributed by atoms with E-state index in [1.807, 2.05) is 18.2 Å². The Bertz CT molecular complexity index is 703. The number of carbonyl (C=O) groups excluding carboxylic acids is 1. The maximum atomic E-state index is 12.3. The molecule has 1 aromatic carbocycles. The number of nitrogens with one attached hydrogen (secondary N) is 1. The summed E-state index contributed by atoms with van der Waals surface area (Å²) in [7, 11) is 1.58. The Morgan fingerprint density at radius 1 is 1.36 bits per heavy atom. The van der Waals surface area contributed by atoms with Crippen LogP contribution in [0.15, 0.2) is 23.8 Å². The Labute approximate surface area is 167 Å². The summed E-state index contributed by atoms with van der Waals surface area (Å²) in [5.41, 5.74) is 0.757. The third-order valence-electron chi connectivity index (χ3n) is 4.63. The highest BCUT2D eigenvalue weighted by molar-refractivity contribution is 6.01. The molecule has 28 heavy (non-hydrogen) atoms. The number of carbonyl (C=O) groups is 1. The minimum absolute atomic E-state index is 0.0396. The fraction of sp³-hybridized carbons (Fsp3) is 0.545. The quantitative estimate of drug-likeness (QED) is 0.355. The van der Waals surface area contributed by atoms with Crippen LogP contribution in [0.5, 0.6) is 11.5 Å². The van der Waals surface area contributed by atoms with Gasteiger partial charge in [0.25, 0.3) is 5.91 Å². The first kappa shape index (κ1) is 21.8. The number of nitriles is 1. The molecule has 0 saturated carbocycles. The van der Waals surface area contributed by atoms with Crippen LogP contribution in [-0.2, 0) is 9.53 Å². The molecule has 0 aromatic heterocycles.